The Balaban J connectivity index is 2.46. The summed E-state index contributed by atoms with van der Waals surface area (Å²) in [4.78, 5) is 28.7. The standard InChI is InChI=1S/C13H22N4O3/c1-11(13(20)15(2)5-3-4-14)16-6-8-17(9-7-16)12(19)10-18/h11,18H,3,5-10H2,1-2H3/t11-/m1/s1. The summed E-state index contributed by atoms with van der Waals surface area (Å²) in [6.07, 6.45) is 0.327. The number of nitrogens with zero attached hydrogens (tertiary/aromatic N) is 4. The van der Waals surface area contributed by atoms with E-state index < -0.39 is 6.61 Å². The molecule has 1 aliphatic rings. The number of rotatable bonds is 5. The molecule has 1 heterocycles. The van der Waals surface area contributed by atoms with Crippen LogP contribution in [0.3, 0.4) is 0 Å². The van der Waals surface area contributed by atoms with E-state index in [1.807, 2.05) is 17.9 Å². The lowest BCUT2D eigenvalue weighted by atomic mass is 10.2. The number of amides is 2. The largest absolute Gasteiger partial charge is 0.387 e. The molecular weight excluding hydrogens is 260 g/mol. The Morgan fingerprint density at radius 2 is 1.95 bits per heavy atom. The van der Waals surface area contributed by atoms with Gasteiger partial charge in [-0.15, -0.1) is 0 Å². The molecule has 0 spiro atoms. The predicted molar refractivity (Wildman–Crippen MR) is 72.6 cm³/mol. The van der Waals surface area contributed by atoms with Crippen molar-refractivity contribution < 1.29 is 14.7 Å². The van der Waals surface area contributed by atoms with E-state index in [2.05, 4.69) is 0 Å². The predicted octanol–water partition coefficient (Wildman–Crippen LogP) is -1.12. The Bertz CT molecular complexity index is 386. The molecule has 1 aliphatic heterocycles. The summed E-state index contributed by atoms with van der Waals surface area (Å²) in [6, 6.07) is 1.76. The molecule has 0 bridgehead atoms. The van der Waals surface area contributed by atoms with Crippen LogP contribution in [0.4, 0.5) is 0 Å². The third kappa shape index (κ3) is 4.18. The zero-order valence-corrected chi connectivity index (χ0v) is 12.1. The molecule has 1 fully saturated rings. The first-order valence-corrected chi connectivity index (χ1v) is 6.75. The lowest BCUT2D eigenvalue weighted by Gasteiger charge is -2.38. The Labute approximate surface area is 119 Å². The number of hydrogen-bond donors (Lipinski definition) is 1. The molecule has 0 aromatic rings. The van der Waals surface area contributed by atoms with Crippen molar-refractivity contribution in [3.8, 4) is 6.07 Å². The van der Waals surface area contributed by atoms with Gasteiger partial charge >= 0.3 is 0 Å². The second-order valence-electron chi connectivity index (χ2n) is 4.92. The van der Waals surface area contributed by atoms with Crippen LogP contribution in [0.25, 0.3) is 0 Å². The van der Waals surface area contributed by atoms with Crippen molar-refractivity contribution in [1.82, 2.24) is 14.7 Å². The van der Waals surface area contributed by atoms with Crippen LogP contribution in [0.15, 0.2) is 0 Å². The highest BCUT2D eigenvalue weighted by Gasteiger charge is 2.28. The number of aliphatic hydroxyl groups is 1. The van der Waals surface area contributed by atoms with E-state index in [1.54, 1.807) is 16.8 Å². The Morgan fingerprint density at radius 3 is 2.45 bits per heavy atom. The molecule has 1 N–H and O–H groups in total. The van der Waals surface area contributed by atoms with Crippen LogP contribution in [0.5, 0.6) is 0 Å². The summed E-state index contributed by atoms with van der Waals surface area (Å²) in [6.45, 7) is 4.09. The van der Waals surface area contributed by atoms with E-state index in [-0.39, 0.29) is 17.9 Å². The highest BCUT2D eigenvalue weighted by molar-refractivity contribution is 5.81. The molecule has 0 unspecified atom stereocenters. The van der Waals surface area contributed by atoms with E-state index in [9.17, 15) is 9.59 Å². The molecule has 1 atom stereocenters. The van der Waals surface area contributed by atoms with Crippen LogP contribution in [-0.4, -0.2) is 84.0 Å². The summed E-state index contributed by atoms with van der Waals surface area (Å²) in [5, 5.41) is 17.3. The van der Waals surface area contributed by atoms with Crippen molar-refractivity contribution in [3.05, 3.63) is 0 Å². The molecule has 1 saturated heterocycles. The van der Waals surface area contributed by atoms with Gasteiger partial charge in [0.1, 0.15) is 6.61 Å². The summed E-state index contributed by atoms with van der Waals surface area (Å²) in [5.74, 6) is -0.281. The fraction of sp³-hybridized carbons (Fsp3) is 0.769. The average molecular weight is 282 g/mol. The second kappa shape index (κ2) is 7.82. The monoisotopic (exact) mass is 282 g/mol. The summed E-state index contributed by atoms with van der Waals surface area (Å²) in [7, 11) is 1.70. The zero-order valence-electron chi connectivity index (χ0n) is 12.1. The van der Waals surface area contributed by atoms with Gasteiger partial charge in [-0.05, 0) is 6.92 Å². The van der Waals surface area contributed by atoms with Crippen molar-refractivity contribution in [2.24, 2.45) is 0 Å². The number of aliphatic hydroxyl groups excluding tert-OH is 1. The molecular formula is C13H22N4O3. The maximum absolute atomic E-state index is 12.2. The fourth-order valence-electron chi connectivity index (χ4n) is 2.26. The molecule has 0 aromatic heterocycles. The topological polar surface area (TPSA) is 87.9 Å². The average Bonchev–Trinajstić information content (AvgIpc) is 2.50. The van der Waals surface area contributed by atoms with Crippen LogP contribution < -0.4 is 0 Å². The van der Waals surface area contributed by atoms with Gasteiger partial charge in [0.25, 0.3) is 0 Å². The third-order valence-corrected chi connectivity index (χ3v) is 3.64. The Hall–Kier alpha value is -1.65. The molecule has 112 valence electrons. The third-order valence-electron chi connectivity index (χ3n) is 3.64. The van der Waals surface area contributed by atoms with Gasteiger partial charge in [-0.1, -0.05) is 0 Å². The van der Waals surface area contributed by atoms with Gasteiger partial charge < -0.3 is 14.9 Å². The lowest BCUT2D eigenvalue weighted by molar-refractivity contribution is -0.139. The normalized spacial score (nSPS) is 17.4. The minimum Gasteiger partial charge on any atom is -0.387 e. The minimum absolute atomic E-state index is 0.0119. The Morgan fingerprint density at radius 1 is 1.35 bits per heavy atom. The number of carbonyl (C=O) groups is 2. The molecule has 7 heteroatoms. The van der Waals surface area contributed by atoms with Gasteiger partial charge in [-0.3, -0.25) is 14.5 Å². The summed E-state index contributed by atoms with van der Waals surface area (Å²) in [5.41, 5.74) is 0. The Kier molecular flexibility index (Phi) is 6.42. The SMILES string of the molecule is C[C@H](C(=O)N(C)CCC#N)N1CCN(C(=O)CO)CC1. The maximum Gasteiger partial charge on any atom is 0.248 e. The van der Waals surface area contributed by atoms with Crippen LogP contribution in [-0.2, 0) is 9.59 Å². The molecule has 0 saturated carbocycles. The first-order chi connectivity index (χ1) is 9.51. The van der Waals surface area contributed by atoms with Crippen LogP contribution in [0.2, 0.25) is 0 Å². The van der Waals surface area contributed by atoms with E-state index >= 15 is 0 Å². The highest BCUT2D eigenvalue weighted by atomic mass is 16.3. The molecule has 1 rings (SSSR count). The van der Waals surface area contributed by atoms with Crippen molar-refractivity contribution in [2.75, 3.05) is 46.4 Å². The second-order valence-corrected chi connectivity index (χ2v) is 4.92. The number of nitriles is 1. The van der Waals surface area contributed by atoms with Gasteiger partial charge in [0.05, 0.1) is 18.5 Å². The number of hydrogen-bond acceptors (Lipinski definition) is 5. The quantitative estimate of drug-likeness (QED) is 0.690. The van der Waals surface area contributed by atoms with Crippen LogP contribution in [0, 0.1) is 11.3 Å². The number of likely N-dealkylation sites (N-methyl/N-ethyl adjacent to an activating group) is 1. The van der Waals surface area contributed by atoms with Crippen LogP contribution >= 0.6 is 0 Å². The molecule has 0 aliphatic carbocycles. The van der Waals surface area contributed by atoms with Crippen molar-refractivity contribution >= 4 is 11.8 Å². The van der Waals surface area contributed by atoms with Gasteiger partial charge in [-0.25, -0.2) is 0 Å². The van der Waals surface area contributed by atoms with Gasteiger partial charge in [-0.2, -0.15) is 5.26 Å². The van der Waals surface area contributed by atoms with Gasteiger partial charge in [0, 0.05) is 39.8 Å². The number of piperazine rings is 1. The van der Waals surface area contributed by atoms with E-state index in [0.29, 0.717) is 39.1 Å². The first-order valence-electron chi connectivity index (χ1n) is 6.75. The fourth-order valence-corrected chi connectivity index (χ4v) is 2.26. The van der Waals surface area contributed by atoms with E-state index in [0.717, 1.165) is 0 Å². The molecule has 7 nitrogen and oxygen atoms in total. The van der Waals surface area contributed by atoms with Gasteiger partial charge in [0.2, 0.25) is 11.8 Å². The highest BCUT2D eigenvalue weighted by Crippen LogP contribution is 2.09. The zero-order chi connectivity index (χ0) is 15.1. The summed E-state index contributed by atoms with van der Waals surface area (Å²) < 4.78 is 0. The van der Waals surface area contributed by atoms with Crippen molar-refractivity contribution in [2.45, 2.75) is 19.4 Å². The summed E-state index contributed by atoms with van der Waals surface area (Å²) >= 11 is 0. The molecule has 2 amide bonds. The van der Waals surface area contributed by atoms with E-state index in [1.165, 1.54) is 0 Å². The minimum atomic E-state index is -0.467. The molecule has 20 heavy (non-hydrogen) atoms. The van der Waals surface area contributed by atoms with E-state index in [4.69, 9.17) is 10.4 Å². The maximum atomic E-state index is 12.2. The number of carbonyl (C=O) groups excluding carboxylic acids is 2. The van der Waals surface area contributed by atoms with Crippen molar-refractivity contribution in [1.29, 1.82) is 5.26 Å². The molecule has 0 radical (unpaired) electrons. The molecule has 0 aromatic carbocycles. The van der Waals surface area contributed by atoms with Gasteiger partial charge in [0.15, 0.2) is 0 Å². The first kappa shape index (κ1) is 16.4. The van der Waals surface area contributed by atoms with Crippen LogP contribution in [0.1, 0.15) is 13.3 Å². The lowest BCUT2D eigenvalue weighted by Crippen LogP contribution is -2.55. The van der Waals surface area contributed by atoms with Crippen molar-refractivity contribution in [3.63, 3.8) is 0 Å². The smallest absolute Gasteiger partial charge is 0.248 e.